The first-order valence-corrected chi connectivity index (χ1v) is 11.4. The number of rotatable bonds is 6. The van der Waals surface area contributed by atoms with Gasteiger partial charge in [0.05, 0.1) is 0 Å². The third-order valence-corrected chi connectivity index (χ3v) is 6.10. The van der Waals surface area contributed by atoms with Crippen molar-refractivity contribution in [1.29, 1.82) is 0 Å². The first-order valence-electron chi connectivity index (χ1n) is 11.4. The van der Waals surface area contributed by atoms with Crippen molar-refractivity contribution >= 4 is 34.9 Å². The number of nitrogen functional groups attached to an aromatic ring is 1. The van der Waals surface area contributed by atoms with Crippen molar-refractivity contribution < 1.29 is 33.3 Å². The van der Waals surface area contributed by atoms with Crippen LogP contribution < -0.4 is 5.73 Å². The lowest BCUT2D eigenvalue weighted by Gasteiger charge is -2.27. The molecule has 0 amide bonds. The fourth-order valence-electron chi connectivity index (χ4n) is 4.74. The Bertz CT molecular complexity index is 1080. The average molecular weight is 476 g/mol. The van der Waals surface area contributed by atoms with Crippen molar-refractivity contribution in [2.75, 3.05) is 12.3 Å². The minimum Gasteiger partial charge on any atom is -0.463 e. The number of ether oxygens (including phenoxy) is 4. The van der Waals surface area contributed by atoms with E-state index in [1.54, 1.807) is 4.57 Å². The van der Waals surface area contributed by atoms with Gasteiger partial charge < -0.3 is 24.7 Å². The maximum atomic E-state index is 12.0. The van der Waals surface area contributed by atoms with E-state index in [0.717, 1.165) is 32.1 Å². The van der Waals surface area contributed by atoms with E-state index in [1.165, 1.54) is 27.1 Å². The van der Waals surface area contributed by atoms with E-state index in [0.29, 0.717) is 17.0 Å². The number of carbonyl (C=O) groups excluding carboxylic acids is 3. The van der Waals surface area contributed by atoms with Crippen molar-refractivity contribution in [1.82, 2.24) is 19.5 Å². The number of fused-ring (bicyclic) bond motifs is 1. The van der Waals surface area contributed by atoms with Crippen LogP contribution in [0.1, 0.15) is 70.8 Å². The predicted molar refractivity (Wildman–Crippen MR) is 117 cm³/mol. The second-order valence-electron chi connectivity index (χ2n) is 8.62. The Morgan fingerprint density at radius 3 is 2.35 bits per heavy atom. The van der Waals surface area contributed by atoms with E-state index in [1.807, 2.05) is 0 Å². The summed E-state index contributed by atoms with van der Waals surface area (Å²) in [6.45, 7) is 3.58. The molecule has 1 aliphatic carbocycles. The van der Waals surface area contributed by atoms with Gasteiger partial charge in [-0.15, -0.1) is 0 Å². The minimum absolute atomic E-state index is 0.114. The molecule has 2 fully saturated rings. The number of nitrogens with zero attached hydrogens (tertiary/aromatic N) is 4. The van der Waals surface area contributed by atoms with Crippen molar-refractivity contribution in [2.45, 2.75) is 83.3 Å². The molecule has 1 saturated carbocycles. The number of hydrogen-bond acceptors (Lipinski definition) is 11. The molecular weight excluding hydrogens is 446 g/mol. The summed E-state index contributed by atoms with van der Waals surface area (Å²) in [7, 11) is 0. The van der Waals surface area contributed by atoms with Crippen molar-refractivity contribution in [3.8, 4) is 0 Å². The van der Waals surface area contributed by atoms with Gasteiger partial charge in [-0.3, -0.25) is 19.0 Å². The van der Waals surface area contributed by atoms with Gasteiger partial charge in [0.15, 0.2) is 35.4 Å². The van der Waals surface area contributed by atoms with Gasteiger partial charge in [0.25, 0.3) is 0 Å². The molecule has 4 atom stereocenters. The summed E-state index contributed by atoms with van der Waals surface area (Å²) in [4.78, 5) is 48.6. The number of imidazole rings is 1. The van der Waals surface area contributed by atoms with Gasteiger partial charge in [-0.1, -0.05) is 19.3 Å². The Balaban J connectivity index is 1.83. The molecule has 34 heavy (non-hydrogen) atoms. The predicted octanol–water partition coefficient (Wildman–Crippen LogP) is 1.78. The number of carbonyl (C=O) groups is 3. The van der Waals surface area contributed by atoms with Gasteiger partial charge in [0, 0.05) is 26.7 Å². The van der Waals surface area contributed by atoms with Gasteiger partial charge in [0.2, 0.25) is 0 Å². The Hall–Kier alpha value is -3.28. The highest BCUT2D eigenvalue weighted by Gasteiger charge is 2.52. The smallest absolute Gasteiger partial charge is 0.303 e. The maximum Gasteiger partial charge on any atom is 0.303 e. The van der Waals surface area contributed by atoms with Gasteiger partial charge in [-0.25, -0.2) is 15.0 Å². The van der Waals surface area contributed by atoms with Crippen molar-refractivity contribution in [3.05, 3.63) is 12.2 Å². The van der Waals surface area contributed by atoms with Crippen LogP contribution >= 0.6 is 0 Å². The van der Waals surface area contributed by atoms with E-state index in [2.05, 4.69) is 9.97 Å². The molecule has 12 nitrogen and oxygen atoms in total. The monoisotopic (exact) mass is 475 g/mol. The first kappa shape index (κ1) is 23.9. The maximum absolute atomic E-state index is 12.0. The lowest BCUT2D eigenvalue weighted by Crippen LogP contribution is -2.40. The highest BCUT2D eigenvalue weighted by molar-refractivity contribution is 5.82. The molecule has 0 spiro atoms. The van der Waals surface area contributed by atoms with Crippen molar-refractivity contribution in [2.24, 2.45) is 0 Å². The Labute approximate surface area is 196 Å². The Morgan fingerprint density at radius 1 is 1.03 bits per heavy atom. The number of hydrogen-bond donors (Lipinski definition) is 1. The SMILES string of the molecule is CC(=O)OC[C@H]1O[C@@H](n2c(C3CCCCC3)nc3c(N)ncnc32)[C@H](OC(C)=O)[C@@H]1OC(C)=O. The van der Waals surface area contributed by atoms with Crippen LogP contribution in [-0.4, -0.2) is 62.3 Å². The molecule has 1 aliphatic heterocycles. The normalized spacial score (nSPS) is 25.3. The summed E-state index contributed by atoms with van der Waals surface area (Å²) in [5.41, 5.74) is 6.94. The van der Waals surface area contributed by atoms with Crippen LogP contribution in [0.4, 0.5) is 5.82 Å². The van der Waals surface area contributed by atoms with Gasteiger partial charge in [-0.2, -0.15) is 0 Å². The number of anilines is 1. The molecule has 2 aliphatic rings. The summed E-state index contributed by atoms with van der Waals surface area (Å²) in [5.74, 6) is -0.664. The molecule has 2 N–H and O–H groups in total. The zero-order valence-corrected chi connectivity index (χ0v) is 19.4. The quantitative estimate of drug-likeness (QED) is 0.479. The highest BCUT2D eigenvalue weighted by Crippen LogP contribution is 2.41. The van der Waals surface area contributed by atoms with Crippen LogP contribution in [0.2, 0.25) is 0 Å². The largest absolute Gasteiger partial charge is 0.463 e. The van der Waals surface area contributed by atoms with Crippen LogP contribution in [0.25, 0.3) is 11.2 Å². The molecule has 184 valence electrons. The molecule has 0 radical (unpaired) electrons. The molecule has 0 bridgehead atoms. The Kier molecular flexibility index (Phi) is 6.96. The van der Waals surface area contributed by atoms with Gasteiger partial charge in [0.1, 0.15) is 24.9 Å². The zero-order chi connectivity index (χ0) is 24.4. The zero-order valence-electron chi connectivity index (χ0n) is 19.4. The van der Waals surface area contributed by atoms with E-state index in [9.17, 15) is 14.4 Å². The molecule has 4 rings (SSSR count). The second-order valence-corrected chi connectivity index (χ2v) is 8.62. The lowest BCUT2D eigenvalue weighted by molar-refractivity contribution is -0.166. The molecule has 1 saturated heterocycles. The number of aromatic nitrogens is 4. The summed E-state index contributed by atoms with van der Waals surface area (Å²) < 4.78 is 24.3. The fourth-order valence-corrected chi connectivity index (χ4v) is 4.74. The summed E-state index contributed by atoms with van der Waals surface area (Å²) in [5, 5.41) is 0. The fraction of sp³-hybridized carbons (Fsp3) is 0.636. The van der Waals surface area contributed by atoms with Crippen LogP contribution in [0.15, 0.2) is 6.33 Å². The molecule has 2 aromatic rings. The molecule has 0 unspecified atom stereocenters. The number of nitrogens with two attached hydrogens (primary N) is 1. The number of esters is 3. The van der Waals surface area contributed by atoms with Crippen LogP contribution in [0.3, 0.4) is 0 Å². The van der Waals surface area contributed by atoms with Crippen LogP contribution in [0, 0.1) is 0 Å². The average Bonchev–Trinajstić information content (AvgIpc) is 3.32. The van der Waals surface area contributed by atoms with E-state index in [4.69, 9.17) is 29.7 Å². The van der Waals surface area contributed by atoms with Gasteiger partial charge in [-0.05, 0) is 12.8 Å². The summed E-state index contributed by atoms with van der Waals surface area (Å²) >= 11 is 0. The third-order valence-electron chi connectivity index (χ3n) is 6.10. The standard InChI is InChI=1S/C22H29N5O7/c1-11(28)31-9-15-17(32-12(2)29)18(33-13(3)30)22(34-15)27-20(14-7-5-4-6-8-14)26-16-19(23)24-10-25-21(16)27/h10,14-15,17-18,22H,4-9H2,1-3H3,(H2,23,24,25)/t15-,17-,18-,22-/m1/s1. The second kappa shape index (κ2) is 9.92. The summed E-state index contributed by atoms with van der Waals surface area (Å²) in [6, 6.07) is 0. The third kappa shape index (κ3) is 4.81. The first-order chi connectivity index (χ1) is 16.3. The van der Waals surface area contributed by atoms with Gasteiger partial charge >= 0.3 is 17.9 Å². The van der Waals surface area contributed by atoms with E-state index >= 15 is 0 Å². The van der Waals surface area contributed by atoms with E-state index in [-0.39, 0.29) is 18.3 Å². The molecule has 12 heteroatoms. The summed E-state index contributed by atoms with van der Waals surface area (Å²) in [6.07, 6.45) is 2.57. The lowest BCUT2D eigenvalue weighted by atomic mass is 9.88. The van der Waals surface area contributed by atoms with Crippen molar-refractivity contribution in [3.63, 3.8) is 0 Å². The minimum atomic E-state index is -1.03. The molecule has 0 aromatic carbocycles. The Morgan fingerprint density at radius 2 is 1.71 bits per heavy atom. The molecular formula is C22H29N5O7. The highest BCUT2D eigenvalue weighted by atomic mass is 16.7. The molecule has 3 heterocycles. The molecule has 2 aromatic heterocycles. The van der Waals surface area contributed by atoms with Crippen LogP contribution in [-0.2, 0) is 33.3 Å². The van der Waals surface area contributed by atoms with Crippen LogP contribution in [0.5, 0.6) is 0 Å². The topological polar surface area (TPSA) is 158 Å². The van der Waals surface area contributed by atoms with E-state index < -0.39 is 42.4 Å².